The SMILES string of the molecule is CCNc1nc(Cc2csc(C)n2)nc(COC)c1I. The van der Waals surface area contributed by atoms with Gasteiger partial charge in [0.2, 0.25) is 0 Å². The fraction of sp³-hybridized carbons (Fsp3) is 0.462. The summed E-state index contributed by atoms with van der Waals surface area (Å²) in [5.74, 6) is 1.65. The predicted octanol–water partition coefficient (Wildman–Crippen LogP) is 3.02. The van der Waals surface area contributed by atoms with Gasteiger partial charge in [-0.25, -0.2) is 15.0 Å². The van der Waals surface area contributed by atoms with Gasteiger partial charge in [-0.2, -0.15) is 0 Å². The van der Waals surface area contributed by atoms with Crippen LogP contribution in [0.15, 0.2) is 5.38 Å². The summed E-state index contributed by atoms with van der Waals surface area (Å²) in [4.78, 5) is 13.6. The van der Waals surface area contributed by atoms with Crippen LogP contribution in [0.25, 0.3) is 0 Å². The van der Waals surface area contributed by atoms with E-state index in [2.05, 4.69) is 55.2 Å². The first-order valence-electron chi connectivity index (χ1n) is 6.33. The molecule has 0 fully saturated rings. The molecular formula is C13H17IN4OS. The van der Waals surface area contributed by atoms with E-state index in [1.165, 1.54) is 0 Å². The fourth-order valence-corrected chi connectivity index (χ4v) is 2.99. The van der Waals surface area contributed by atoms with Crippen molar-refractivity contribution in [1.29, 1.82) is 0 Å². The second kappa shape index (κ2) is 7.28. The van der Waals surface area contributed by atoms with Crippen molar-refractivity contribution in [2.45, 2.75) is 26.9 Å². The number of hydrogen-bond acceptors (Lipinski definition) is 6. The zero-order valence-corrected chi connectivity index (χ0v) is 14.7. The molecular weight excluding hydrogens is 387 g/mol. The van der Waals surface area contributed by atoms with E-state index in [1.54, 1.807) is 18.4 Å². The molecule has 20 heavy (non-hydrogen) atoms. The zero-order valence-electron chi connectivity index (χ0n) is 11.7. The Kier molecular flexibility index (Phi) is 5.67. The Hall–Kier alpha value is -0.800. The van der Waals surface area contributed by atoms with Gasteiger partial charge in [0.25, 0.3) is 0 Å². The predicted molar refractivity (Wildman–Crippen MR) is 89.3 cm³/mol. The largest absolute Gasteiger partial charge is 0.378 e. The molecule has 2 aromatic heterocycles. The van der Waals surface area contributed by atoms with Gasteiger partial charge in [0.05, 0.1) is 33.0 Å². The summed E-state index contributed by atoms with van der Waals surface area (Å²) in [6.07, 6.45) is 0.649. The number of thiazole rings is 1. The molecule has 0 radical (unpaired) electrons. The lowest BCUT2D eigenvalue weighted by atomic mass is 10.3. The van der Waals surface area contributed by atoms with Crippen molar-refractivity contribution in [3.05, 3.63) is 31.2 Å². The highest BCUT2D eigenvalue weighted by atomic mass is 127. The first-order valence-corrected chi connectivity index (χ1v) is 8.29. The van der Waals surface area contributed by atoms with Gasteiger partial charge in [-0.05, 0) is 36.4 Å². The summed E-state index contributed by atoms with van der Waals surface area (Å²) in [6.45, 7) is 5.37. The first kappa shape index (κ1) is 15.6. The highest BCUT2D eigenvalue weighted by Crippen LogP contribution is 2.21. The number of nitrogens with one attached hydrogen (secondary N) is 1. The molecule has 0 atom stereocenters. The number of anilines is 1. The third kappa shape index (κ3) is 3.86. The minimum atomic E-state index is 0.488. The summed E-state index contributed by atoms with van der Waals surface area (Å²) in [7, 11) is 1.68. The van der Waals surface area contributed by atoms with Crippen molar-refractivity contribution in [2.75, 3.05) is 19.0 Å². The molecule has 1 N–H and O–H groups in total. The van der Waals surface area contributed by atoms with E-state index in [-0.39, 0.29) is 0 Å². The zero-order chi connectivity index (χ0) is 14.5. The van der Waals surface area contributed by atoms with Gasteiger partial charge >= 0.3 is 0 Å². The van der Waals surface area contributed by atoms with Crippen LogP contribution in [0, 0.1) is 10.5 Å². The van der Waals surface area contributed by atoms with Crippen molar-refractivity contribution in [1.82, 2.24) is 15.0 Å². The van der Waals surface area contributed by atoms with Gasteiger partial charge in [0.1, 0.15) is 11.6 Å². The Labute approximate surface area is 136 Å². The van der Waals surface area contributed by atoms with Crippen LogP contribution in [-0.4, -0.2) is 28.6 Å². The molecule has 108 valence electrons. The average molecular weight is 404 g/mol. The summed E-state index contributed by atoms with van der Waals surface area (Å²) in [5, 5.41) is 6.39. The molecule has 0 saturated heterocycles. The molecule has 0 amide bonds. The van der Waals surface area contributed by atoms with Crippen LogP contribution in [0.2, 0.25) is 0 Å². The molecule has 5 nitrogen and oxygen atoms in total. The van der Waals surface area contributed by atoms with Crippen molar-refractivity contribution in [3.63, 3.8) is 0 Å². The molecule has 2 heterocycles. The second-order valence-electron chi connectivity index (χ2n) is 4.25. The second-order valence-corrected chi connectivity index (χ2v) is 6.39. The smallest absolute Gasteiger partial charge is 0.143 e. The van der Waals surface area contributed by atoms with E-state index in [0.717, 1.165) is 38.2 Å². The lowest BCUT2D eigenvalue weighted by molar-refractivity contribution is 0.180. The van der Waals surface area contributed by atoms with E-state index in [4.69, 9.17) is 4.74 Å². The average Bonchev–Trinajstić information content (AvgIpc) is 2.81. The standard InChI is InChI=1S/C13H17IN4OS/c1-4-15-13-12(14)10(6-19-3)17-11(18-13)5-9-7-20-8(2)16-9/h7H,4-6H2,1-3H3,(H,15,17,18). The van der Waals surface area contributed by atoms with Crippen molar-refractivity contribution >= 4 is 39.7 Å². The summed E-state index contributed by atoms with van der Waals surface area (Å²) in [6, 6.07) is 0. The van der Waals surface area contributed by atoms with Crippen LogP contribution >= 0.6 is 33.9 Å². The minimum Gasteiger partial charge on any atom is -0.378 e. The maximum Gasteiger partial charge on any atom is 0.143 e. The normalized spacial score (nSPS) is 10.8. The van der Waals surface area contributed by atoms with Crippen molar-refractivity contribution in [2.24, 2.45) is 0 Å². The molecule has 0 aliphatic rings. The fourth-order valence-electron chi connectivity index (χ4n) is 1.79. The molecule has 2 rings (SSSR count). The number of methoxy groups -OCH3 is 1. The Morgan fingerprint density at radius 3 is 2.75 bits per heavy atom. The van der Waals surface area contributed by atoms with Gasteiger partial charge < -0.3 is 10.1 Å². The number of halogens is 1. The molecule has 0 saturated carbocycles. The van der Waals surface area contributed by atoms with Crippen molar-refractivity contribution in [3.8, 4) is 0 Å². The molecule has 0 bridgehead atoms. The summed E-state index contributed by atoms with van der Waals surface area (Å²) < 4.78 is 6.23. The highest BCUT2D eigenvalue weighted by molar-refractivity contribution is 14.1. The topological polar surface area (TPSA) is 59.9 Å². The molecule has 2 aromatic rings. The van der Waals surface area contributed by atoms with E-state index in [9.17, 15) is 0 Å². The number of hydrogen-bond donors (Lipinski definition) is 1. The van der Waals surface area contributed by atoms with E-state index < -0.39 is 0 Å². The van der Waals surface area contributed by atoms with Crippen LogP contribution in [0.5, 0.6) is 0 Å². The van der Waals surface area contributed by atoms with Gasteiger partial charge in [-0.1, -0.05) is 0 Å². The third-order valence-electron chi connectivity index (χ3n) is 2.60. The van der Waals surface area contributed by atoms with Crippen LogP contribution in [-0.2, 0) is 17.8 Å². The van der Waals surface area contributed by atoms with Gasteiger partial charge in [0, 0.05) is 19.0 Å². The van der Waals surface area contributed by atoms with Gasteiger partial charge in [0.15, 0.2) is 0 Å². The Morgan fingerprint density at radius 1 is 1.35 bits per heavy atom. The lowest BCUT2D eigenvalue weighted by Crippen LogP contribution is -2.10. The molecule has 0 aliphatic carbocycles. The van der Waals surface area contributed by atoms with Crippen LogP contribution in [0.3, 0.4) is 0 Å². The number of rotatable bonds is 6. The van der Waals surface area contributed by atoms with E-state index in [0.29, 0.717) is 13.0 Å². The summed E-state index contributed by atoms with van der Waals surface area (Å²) >= 11 is 3.91. The third-order valence-corrected chi connectivity index (χ3v) is 4.55. The van der Waals surface area contributed by atoms with Crippen LogP contribution in [0.4, 0.5) is 5.82 Å². The Morgan fingerprint density at radius 2 is 2.15 bits per heavy atom. The Bertz CT molecular complexity index is 560. The molecule has 7 heteroatoms. The molecule has 0 aromatic carbocycles. The molecule has 0 unspecified atom stereocenters. The number of aryl methyl sites for hydroxylation is 1. The molecule has 0 aliphatic heterocycles. The van der Waals surface area contributed by atoms with Crippen molar-refractivity contribution < 1.29 is 4.74 Å². The maximum absolute atomic E-state index is 5.21. The first-order chi connectivity index (χ1) is 9.63. The quantitative estimate of drug-likeness (QED) is 0.751. The number of ether oxygens (including phenoxy) is 1. The van der Waals surface area contributed by atoms with E-state index >= 15 is 0 Å². The van der Waals surface area contributed by atoms with Gasteiger partial charge in [-0.15, -0.1) is 11.3 Å². The molecule has 0 spiro atoms. The lowest BCUT2D eigenvalue weighted by Gasteiger charge is -2.11. The highest BCUT2D eigenvalue weighted by Gasteiger charge is 2.13. The maximum atomic E-state index is 5.21. The van der Waals surface area contributed by atoms with Crippen LogP contribution < -0.4 is 5.32 Å². The van der Waals surface area contributed by atoms with E-state index in [1.807, 2.05) is 6.92 Å². The van der Waals surface area contributed by atoms with Gasteiger partial charge in [-0.3, -0.25) is 0 Å². The Balaban J connectivity index is 2.31. The number of aromatic nitrogens is 3. The number of nitrogens with zero attached hydrogens (tertiary/aromatic N) is 3. The van der Waals surface area contributed by atoms with Crippen LogP contribution in [0.1, 0.15) is 29.1 Å². The summed E-state index contributed by atoms with van der Waals surface area (Å²) in [5.41, 5.74) is 1.93. The minimum absolute atomic E-state index is 0.488. The monoisotopic (exact) mass is 404 g/mol.